The van der Waals surface area contributed by atoms with E-state index in [2.05, 4.69) is 48.4 Å². The van der Waals surface area contributed by atoms with Crippen LogP contribution in [0.4, 0.5) is 0 Å². The van der Waals surface area contributed by atoms with E-state index in [-0.39, 0.29) is 0 Å². The molecule has 0 aromatic heterocycles. The summed E-state index contributed by atoms with van der Waals surface area (Å²) in [7, 11) is 1.73. The molecule has 2 aromatic rings. The Labute approximate surface area is 215 Å². The minimum atomic E-state index is -0.833. The first-order chi connectivity index (χ1) is 17.4. The highest BCUT2D eigenvalue weighted by molar-refractivity contribution is 5.63. The third-order valence-electron chi connectivity index (χ3n) is 6.01. The Kier molecular flexibility index (Phi) is 11.3. The fourth-order valence-electron chi connectivity index (χ4n) is 4.33. The van der Waals surface area contributed by atoms with Gasteiger partial charge in [-0.05, 0) is 66.3 Å². The zero-order valence-corrected chi connectivity index (χ0v) is 22.2. The molecule has 3 aliphatic heterocycles. The number of hydrogen-bond acceptors (Lipinski definition) is 5. The Hall–Kier alpha value is -3.51. The van der Waals surface area contributed by atoms with Gasteiger partial charge in [0.2, 0.25) is 6.79 Å². The van der Waals surface area contributed by atoms with Crippen LogP contribution < -0.4 is 14.2 Å². The fourth-order valence-corrected chi connectivity index (χ4v) is 4.33. The summed E-state index contributed by atoms with van der Waals surface area (Å²) in [5, 5.41) is 7.42. The molecule has 0 aliphatic carbocycles. The molecule has 0 saturated carbocycles. The van der Waals surface area contributed by atoms with Crippen molar-refractivity contribution in [2.24, 2.45) is 0 Å². The van der Waals surface area contributed by atoms with E-state index in [0.717, 1.165) is 55.7 Å². The quantitative estimate of drug-likeness (QED) is 0.492. The highest BCUT2D eigenvalue weighted by Crippen LogP contribution is 2.44. The lowest BCUT2D eigenvalue weighted by Gasteiger charge is -2.41. The number of carboxylic acids is 1. The first-order valence-electron chi connectivity index (χ1n) is 12.3. The lowest BCUT2D eigenvalue weighted by molar-refractivity contribution is -0.134. The average molecular weight is 494 g/mol. The molecule has 0 amide bonds. The number of nitrogens with zero attached hydrogens (tertiary/aromatic N) is 1. The van der Waals surface area contributed by atoms with Gasteiger partial charge in [0.15, 0.2) is 11.5 Å². The van der Waals surface area contributed by atoms with Gasteiger partial charge in [0, 0.05) is 26.1 Å². The van der Waals surface area contributed by atoms with Gasteiger partial charge in [-0.25, -0.2) is 0 Å². The Morgan fingerprint density at radius 2 is 1.75 bits per heavy atom. The molecule has 36 heavy (non-hydrogen) atoms. The smallest absolute Gasteiger partial charge is 0.300 e. The minimum absolute atomic E-state index is 0.342. The highest BCUT2D eigenvalue weighted by Gasteiger charge is 2.33. The number of ether oxygens (including phenoxy) is 3. The summed E-state index contributed by atoms with van der Waals surface area (Å²) in [4.78, 5) is 11.6. The number of rotatable bonds is 3. The molecule has 0 spiro atoms. The summed E-state index contributed by atoms with van der Waals surface area (Å²) in [5.74, 6) is 1.91. The summed E-state index contributed by atoms with van der Waals surface area (Å²) < 4.78 is 16.5. The molecule has 5 rings (SSSR count). The Balaban J connectivity index is 0.000000297. The van der Waals surface area contributed by atoms with Crippen LogP contribution in [0.25, 0.3) is 0 Å². The predicted octanol–water partition coefficient (Wildman–Crippen LogP) is 6.50. The lowest BCUT2D eigenvalue weighted by atomic mass is 9.84. The number of aliphatic carboxylic acids is 1. The molecule has 3 heterocycles. The second kappa shape index (κ2) is 14.1. The maximum atomic E-state index is 9.00. The van der Waals surface area contributed by atoms with Crippen molar-refractivity contribution in [3.05, 3.63) is 89.5 Å². The third kappa shape index (κ3) is 7.49. The maximum Gasteiger partial charge on any atom is 0.300 e. The van der Waals surface area contributed by atoms with Crippen LogP contribution in [0.2, 0.25) is 0 Å². The van der Waals surface area contributed by atoms with E-state index in [9.17, 15) is 0 Å². The van der Waals surface area contributed by atoms with Gasteiger partial charge < -0.3 is 19.3 Å². The second-order valence-electron chi connectivity index (χ2n) is 8.35. The van der Waals surface area contributed by atoms with Crippen molar-refractivity contribution in [3.63, 3.8) is 0 Å². The molecule has 6 heteroatoms. The van der Waals surface area contributed by atoms with E-state index in [1.165, 1.54) is 22.3 Å². The van der Waals surface area contributed by atoms with Crippen LogP contribution in [0.15, 0.2) is 67.3 Å². The molecule has 0 fully saturated rings. The first kappa shape index (κ1) is 28.7. The molecule has 0 radical (unpaired) electrons. The average Bonchev–Trinajstić information content (AvgIpc) is 3.35. The zero-order valence-electron chi connectivity index (χ0n) is 22.2. The van der Waals surface area contributed by atoms with Crippen molar-refractivity contribution in [2.75, 3.05) is 20.4 Å². The van der Waals surface area contributed by atoms with Crippen LogP contribution in [0.3, 0.4) is 0 Å². The lowest BCUT2D eigenvalue weighted by Crippen LogP contribution is -2.39. The van der Waals surface area contributed by atoms with Gasteiger partial charge >= 0.3 is 0 Å². The molecule has 1 unspecified atom stereocenters. The first-order valence-corrected chi connectivity index (χ1v) is 12.3. The summed E-state index contributed by atoms with van der Waals surface area (Å²) >= 11 is 0. The van der Waals surface area contributed by atoms with Gasteiger partial charge in [-0.3, -0.25) is 9.69 Å². The van der Waals surface area contributed by atoms with Gasteiger partial charge in [-0.1, -0.05) is 56.9 Å². The normalized spacial score (nSPS) is 16.6. The van der Waals surface area contributed by atoms with E-state index in [4.69, 9.17) is 24.1 Å². The van der Waals surface area contributed by atoms with Crippen LogP contribution >= 0.6 is 0 Å². The van der Waals surface area contributed by atoms with Crippen LogP contribution in [-0.2, 0) is 24.2 Å². The number of hydrogen-bond donors (Lipinski definition) is 1. The molecule has 3 aliphatic rings. The van der Waals surface area contributed by atoms with Gasteiger partial charge in [-0.2, -0.15) is 0 Å². The second-order valence-corrected chi connectivity index (χ2v) is 8.35. The highest BCUT2D eigenvalue weighted by atomic mass is 16.7. The van der Waals surface area contributed by atoms with E-state index in [1.807, 2.05) is 26.8 Å². The number of carboxylic acid groups (broad SMARTS) is 1. The molecule has 0 saturated heterocycles. The van der Waals surface area contributed by atoms with Gasteiger partial charge in [0.05, 0.1) is 7.11 Å². The van der Waals surface area contributed by atoms with E-state index < -0.39 is 5.97 Å². The maximum absolute atomic E-state index is 9.00. The van der Waals surface area contributed by atoms with Crippen LogP contribution in [0.1, 0.15) is 56.0 Å². The van der Waals surface area contributed by atoms with Crippen molar-refractivity contribution < 1.29 is 24.1 Å². The molecule has 1 atom stereocenters. The molecule has 2 aromatic carbocycles. The molecule has 194 valence electrons. The summed E-state index contributed by atoms with van der Waals surface area (Å²) in [5.41, 5.74) is 6.78. The summed E-state index contributed by atoms with van der Waals surface area (Å²) in [6.45, 7) is 16.6. The zero-order chi connectivity index (χ0) is 26.7. The largest absolute Gasteiger partial charge is 0.497 e. The van der Waals surface area contributed by atoms with Crippen LogP contribution in [0.5, 0.6) is 17.2 Å². The number of methoxy groups -OCH3 is 1. The number of carbonyl (C=O) groups is 1. The summed E-state index contributed by atoms with van der Waals surface area (Å²) in [6, 6.07) is 11.3. The van der Waals surface area contributed by atoms with Crippen LogP contribution in [-0.4, -0.2) is 36.4 Å². The number of allylic oxidation sites excluding steroid dienone is 4. The summed E-state index contributed by atoms with van der Waals surface area (Å²) in [6.07, 6.45) is 7.57. The molecule has 6 nitrogen and oxygen atoms in total. The van der Waals surface area contributed by atoms with Crippen molar-refractivity contribution in [1.82, 2.24) is 4.90 Å². The van der Waals surface area contributed by atoms with Crippen LogP contribution in [0, 0.1) is 0 Å². The topological polar surface area (TPSA) is 68.2 Å². The monoisotopic (exact) mass is 493 g/mol. The van der Waals surface area contributed by atoms with Crippen molar-refractivity contribution in [1.29, 1.82) is 0 Å². The Bertz CT molecular complexity index is 1080. The van der Waals surface area contributed by atoms with Gasteiger partial charge in [0.25, 0.3) is 5.97 Å². The SMILES string of the molecule is C=C/C=C(/C)C=C.CC.CC(=O)O.COc1ccc2c(c1)CN1CCc3cc4c(cc3C1C2)OCO4. The molecule has 0 bridgehead atoms. The molecular weight excluding hydrogens is 454 g/mol. The molecule has 1 N–H and O–H groups in total. The van der Waals surface area contributed by atoms with Gasteiger partial charge in [-0.15, -0.1) is 0 Å². The standard InChI is InChI=1S/C19H19NO3.C7H10.C2H4O2.C2H6/c1-21-15-3-2-12-7-17-16-9-19-18(22-11-23-19)8-13(16)4-5-20(17)10-14(12)6-15;1-4-6-7(3)5-2;1-2(3)4;1-2/h2-3,6,8-9,17H,4-5,7,10-11H2,1H3;4-6H,1-2H2,3H3;1H3,(H,3,4);1-2H3/b;7-6-;;. The minimum Gasteiger partial charge on any atom is -0.497 e. The van der Waals surface area contributed by atoms with Crippen molar-refractivity contribution >= 4 is 5.97 Å². The van der Waals surface area contributed by atoms with E-state index >= 15 is 0 Å². The van der Waals surface area contributed by atoms with E-state index in [0.29, 0.717) is 12.8 Å². The number of benzene rings is 2. The fraction of sp³-hybridized carbons (Fsp3) is 0.367. The predicted molar refractivity (Wildman–Crippen MR) is 145 cm³/mol. The third-order valence-corrected chi connectivity index (χ3v) is 6.01. The Morgan fingerprint density at radius 3 is 2.33 bits per heavy atom. The number of fused-ring (bicyclic) bond motifs is 5. The Morgan fingerprint density at radius 1 is 1.08 bits per heavy atom. The van der Waals surface area contributed by atoms with Crippen molar-refractivity contribution in [3.8, 4) is 17.2 Å². The van der Waals surface area contributed by atoms with Gasteiger partial charge in [0.1, 0.15) is 5.75 Å². The van der Waals surface area contributed by atoms with E-state index in [1.54, 1.807) is 19.3 Å². The van der Waals surface area contributed by atoms with Crippen molar-refractivity contribution in [2.45, 2.75) is 53.1 Å². The molecular formula is C30H39NO5.